The molecule has 78 valence electrons. The van der Waals surface area contributed by atoms with Gasteiger partial charge in [-0.1, -0.05) is 19.1 Å². The predicted octanol–water partition coefficient (Wildman–Crippen LogP) is 1.82. The number of thiazole rings is 1. The Balaban J connectivity index is 2.51. The van der Waals surface area contributed by atoms with E-state index >= 15 is 0 Å². The molecule has 0 spiro atoms. The third kappa shape index (κ3) is 3.23. The van der Waals surface area contributed by atoms with E-state index in [4.69, 9.17) is 18.0 Å². The number of rotatable bonds is 5. The first-order valence-electron chi connectivity index (χ1n) is 4.57. The second-order valence-corrected chi connectivity index (χ2v) is 4.47. The van der Waals surface area contributed by atoms with Gasteiger partial charge in [0.2, 0.25) is 0 Å². The van der Waals surface area contributed by atoms with Gasteiger partial charge in [0.15, 0.2) is 5.13 Å². The van der Waals surface area contributed by atoms with Crippen LogP contribution in [-0.2, 0) is 6.42 Å². The highest BCUT2D eigenvalue weighted by Gasteiger charge is 2.05. The minimum Gasteiger partial charge on any atom is -0.393 e. The van der Waals surface area contributed by atoms with E-state index in [0.717, 1.165) is 30.2 Å². The Morgan fingerprint density at radius 1 is 1.71 bits per heavy atom. The van der Waals surface area contributed by atoms with Crippen LogP contribution in [0, 0.1) is 0 Å². The largest absolute Gasteiger partial charge is 0.393 e. The molecule has 1 aromatic heterocycles. The molecule has 0 saturated heterocycles. The lowest BCUT2D eigenvalue weighted by Gasteiger charge is -2.14. The van der Waals surface area contributed by atoms with Crippen LogP contribution in [-0.4, -0.2) is 23.6 Å². The zero-order chi connectivity index (χ0) is 10.6. The van der Waals surface area contributed by atoms with Crippen LogP contribution in [0.4, 0.5) is 5.13 Å². The van der Waals surface area contributed by atoms with E-state index < -0.39 is 0 Å². The zero-order valence-electron chi connectivity index (χ0n) is 8.49. The monoisotopic (exact) mass is 229 g/mol. The van der Waals surface area contributed by atoms with Crippen molar-refractivity contribution in [2.24, 2.45) is 5.73 Å². The lowest BCUT2D eigenvalue weighted by molar-refractivity contribution is 0.904. The van der Waals surface area contributed by atoms with Crippen molar-refractivity contribution < 1.29 is 0 Å². The van der Waals surface area contributed by atoms with Gasteiger partial charge in [-0.3, -0.25) is 0 Å². The second-order valence-electron chi connectivity index (χ2n) is 3.11. The smallest absolute Gasteiger partial charge is 0.185 e. The normalized spacial score (nSPS) is 10.1. The van der Waals surface area contributed by atoms with Crippen LogP contribution < -0.4 is 10.6 Å². The average molecular weight is 229 g/mol. The summed E-state index contributed by atoms with van der Waals surface area (Å²) in [7, 11) is 2.01. The number of hydrogen-bond acceptors (Lipinski definition) is 4. The number of aromatic nitrogens is 1. The van der Waals surface area contributed by atoms with Crippen molar-refractivity contribution in [3.8, 4) is 0 Å². The fourth-order valence-electron chi connectivity index (χ4n) is 1.01. The molecule has 0 bridgehead atoms. The minimum absolute atomic E-state index is 0.559. The highest BCUT2D eigenvalue weighted by atomic mass is 32.1. The summed E-state index contributed by atoms with van der Waals surface area (Å²) in [4.78, 5) is 7.11. The molecule has 1 rings (SSSR count). The van der Waals surface area contributed by atoms with Gasteiger partial charge in [0.1, 0.15) is 0 Å². The molecule has 0 aliphatic heterocycles. The molecule has 0 aliphatic carbocycles. The van der Waals surface area contributed by atoms with Crippen LogP contribution in [0.2, 0.25) is 0 Å². The average Bonchev–Trinajstić information content (AvgIpc) is 2.62. The van der Waals surface area contributed by atoms with Gasteiger partial charge in [-0.2, -0.15) is 0 Å². The highest BCUT2D eigenvalue weighted by molar-refractivity contribution is 7.80. The van der Waals surface area contributed by atoms with Crippen molar-refractivity contribution in [3.63, 3.8) is 0 Å². The molecule has 0 aromatic carbocycles. The molecule has 1 heterocycles. The van der Waals surface area contributed by atoms with Crippen LogP contribution in [0.3, 0.4) is 0 Å². The van der Waals surface area contributed by atoms with Crippen LogP contribution in [0.25, 0.3) is 0 Å². The first-order chi connectivity index (χ1) is 6.63. The summed E-state index contributed by atoms with van der Waals surface area (Å²) in [5.41, 5.74) is 6.58. The van der Waals surface area contributed by atoms with Crippen LogP contribution >= 0.6 is 23.6 Å². The molecular formula is C9H15N3S2. The van der Waals surface area contributed by atoms with E-state index in [-0.39, 0.29) is 0 Å². The molecule has 0 aliphatic rings. The lowest BCUT2D eigenvalue weighted by Crippen LogP contribution is -2.23. The number of nitrogens with two attached hydrogens (primary N) is 1. The topological polar surface area (TPSA) is 42.1 Å². The quantitative estimate of drug-likeness (QED) is 0.782. The fraction of sp³-hybridized carbons (Fsp3) is 0.556. The molecule has 2 N–H and O–H groups in total. The van der Waals surface area contributed by atoms with Crippen molar-refractivity contribution in [1.82, 2.24) is 4.98 Å². The van der Waals surface area contributed by atoms with E-state index in [9.17, 15) is 0 Å². The van der Waals surface area contributed by atoms with Gasteiger partial charge in [0.05, 0.1) is 10.7 Å². The summed E-state index contributed by atoms with van der Waals surface area (Å²) in [5, 5.41) is 3.13. The Labute approximate surface area is 93.9 Å². The molecule has 0 saturated carbocycles. The Hall–Kier alpha value is -0.680. The minimum atomic E-state index is 0.559. The summed E-state index contributed by atoms with van der Waals surface area (Å²) in [6.45, 7) is 2.94. The van der Waals surface area contributed by atoms with E-state index in [1.165, 1.54) is 0 Å². The van der Waals surface area contributed by atoms with Gasteiger partial charge in [0, 0.05) is 25.4 Å². The van der Waals surface area contributed by atoms with Crippen molar-refractivity contribution in [1.29, 1.82) is 0 Å². The SMILES string of the molecule is CCc1csc(N(C)CCC(N)=S)n1. The second kappa shape index (κ2) is 5.26. The first kappa shape index (κ1) is 11.4. The molecule has 0 atom stereocenters. The Morgan fingerprint density at radius 3 is 2.93 bits per heavy atom. The number of thiocarbonyl (C=S) groups is 1. The number of nitrogens with zero attached hydrogens (tertiary/aromatic N) is 2. The Morgan fingerprint density at radius 2 is 2.43 bits per heavy atom. The highest BCUT2D eigenvalue weighted by Crippen LogP contribution is 2.19. The standard InChI is InChI=1S/C9H15N3S2/c1-3-7-6-14-9(11-7)12(2)5-4-8(10)13/h6H,3-5H2,1-2H3,(H2,10,13). The molecule has 14 heavy (non-hydrogen) atoms. The van der Waals surface area contributed by atoms with Crippen LogP contribution in [0.1, 0.15) is 19.0 Å². The summed E-state index contributed by atoms with van der Waals surface area (Å²) in [5.74, 6) is 0. The third-order valence-electron chi connectivity index (χ3n) is 1.92. The molecule has 0 fully saturated rings. The molecule has 0 amide bonds. The van der Waals surface area contributed by atoms with E-state index in [1.807, 2.05) is 7.05 Å². The maximum absolute atomic E-state index is 5.44. The summed E-state index contributed by atoms with van der Waals surface area (Å²) >= 11 is 6.49. The number of aryl methyl sites for hydroxylation is 1. The molecule has 0 unspecified atom stereocenters. The van der Waals surface area contributed by atoms with Crippen LogP contribution in [0.5, 0.6) is 0 Å². The van der Waals surface area contributed by atoms with E-state index in [2.05, 4.69) is 22.2 Å². The molecule has 1 aromatic rings. The van der Waals surface area contributed by atoms with Crippen molar-refractivity contribution in [3.05, 3.63) is 11.1 Å². The Bertz CT molecular complexity index is 309. The maximum atomic E-state index is 5.44. The van der Waals surface area contributed by atoms with Crippen molar-refractivity contribution in [2.45, 2.75) is 19.8 Å². The van der Waals surface area contributed by atoms with Gasteiger partial charge in [-0.15, -0.1) is 11.3 Å². The van der Waals surface area contributed by atoms with Crippen molar-refractivity contribution >= 4 is 33.7 Å². The van der Waals surface area contributed by atoms with E-state index in [1.54, 1.807) is 11.3 Å². The van der Waals surface area contributed by atoms with Crippen LogP contribution in [0.15, 0.2) is 5.38 Å². The molecule has 0 radical (unpaired) electrons. The number of hydrogen-bond donors (Lipinski definition) is 1. The molecule has 5 heteroatoms. The van der Waals surface area contributed by atoms with Gasteiger partial charge < -0.3 is 10.6 Å². The number of anilines is 1. The predicted molar refractivity (Wildman–Crippen MR) is 66.2 cm³/mol. The Kier molecular flexibility index (Phi) is 4.28. The van der Waals surface area contributed by atoms with Gasteiger partial charge >= 0.3 is 0 Å². The first-order valence-corrected chi connectivity index (χ1v) is 5.86. The van der Waals surface area contributed by atoms with Crippen molar-refractivity contribution in [2.75, 3.05) is 18.5 Å². The summed E-state index contributed by atoms with van der Waals surface area (Å²) in [6.07, 6.45) is 1.73. The van der Waals surface area contributed by atoms with Gasteiger partial charge in [0.25, 0.3) is 0 Å². The zero-order valence-corrected chi connectivity index (χ0v) is 10.1. The fourth-order valence-corrected chi connectivity index (χ4v) is 2.00. The summed E-state index contributed by atoms with van der Waals surface area (Å²) < 4.78 is 0. The van der Waals surface area contributed by atoms with Gasteiger partial charge in [-0.25, -0.2) is 4.98 Å². The van der Waals surface area contributed by atoms with Gasteiger partial charge in [-0.05, 0) is 6.42 Å². The third-order valence-corrected chi connectivity index (χ3v) is 3.13. The lowest BCUT2D eigenvalue weighted by atomic mass is 10.4. The molecule has 3 nitrogen and oxygen atoms in total. The van der Waals surface area contributed by atoms with E-state index in [0.29, 0.717) is 4.99 Å². The maximum Gasteiger partial charge on any atom is 0.185 e. The summed E-state index contributed by atoms with van der Waals surface area (Å²) in [6, 6.07) is 0. The molecular weight excluding hydrogens is 214 g/mol.